The molecule has 0 saturated heterocycles. The van der Waals surface area contributed by atoms with Gasteiger partial charge in [-0.25, -0.2) is 0 Å². The van der Waals surface area contributed by atoms with Gasteiger partial charge in [-0.2, -0.15) is 0 Å². The summed E-state index contributed by atoms with van der Waals surface area (Å²) in [6, 6.07) is 0. The molecule has 0 heterocycles. The average Bonchev–Trinajstić information content (AvgIpc) is 3.43. The van der Waals surface area contributed by atoms with Gasteiger partial charge in [-0.05, 0) is 57.8 Å². The Hall–Kier alpha value is -2.29. The molecule has 0 fully saturated rings. The zero-order valence-corrected chi connectivity index (χ0v) is 54.9. The third-order valence-corrected chi connectivity index (χ3v) is 16.3. The number of nitrogens with zero attached hydrogens (tertiary/aromatic N) is 1. The number of ether oxygens (including phenoxy) is 2. The number of quaternary nitrogens is 1. The molecule has 0 bridgehead atoms. The van der Waals surface area contributed by atoms with E-state index in [0.29, 0.717) is 17.4 Å². The second kappa shape index (κ2) is 62.2. The Labute approximate surface area is 502 Å². The molecule has 0 aliphatic carbocycles. The molecular formula is C71H132NO8P. The lowest BCUT2D eigenvalue weighted by Gasteiger charge is -2.28. The first kappa shape index (κ1) is 78.7. The fourth-order valence-electron chi connectivity index (χ4n) is 10.0. The van der Waals surface area contributed by atoms with Gasteiger partial charge in [-0.15, -0.1) is 0 Å². The van der Waals surface area contributed by atoms with Crippen molar-refractivity contribution in [2.24, 2.45) is 0 Å². The molecule has 0 radical (unpaired) electrons. The minimum Gasteiger partial charge on any atom is -0.756 e. The highest BCUT2D eigenvalue weighted by molar-refractivity contribution is 7.45. The number of esters is 2. The van der Waals surface area contributed by atoms with Crippen molar-refractivity contribution in [3.8, 4) is 0 Å². The van der Waals surface area contributed by atoms with E-state index in [2.05, 4.69) is 74.6 Å². The Bertz CT molecular complexity index is 1550. The van der Waals surface area contributed by atoms with Crippen LogP contribution >= 0.6 is 7.82 Å². The van der Waals surface area contributed by atoms with Gasteiger partial charge in [0, 0.05) is 12.8 Å². The molecule has 0 rings (SSSR count). The highest BCUT2D eigenvalue weighted by Gasteiger charge is 2.22. The molecule has 2 atom stereocenters. The van der Waals surface area contributed by atoms with Gasteiger partial charge in [0.2, 0.25) is 0 Å². The average molecular weight is 1160 g/mol. The van der Waals surface area contributed by atoms with Crippen LogP contribution in [-0.4, -0.2) is 70.0 Å². The van der Waals surface area contributed by atoms with Crippen molar-refractivity contribution < 1.29 is 42.1 Å². The lowest BCUT2D eigenvalue weighted by Crippen LogP contribution is -2.37. The van der Waals surface area contributed by atoms with Crippen LogP contribution in [-0.2, 0) is 32.7 Å². The van der Waals surface area contributed by atoms with Gasteiger partial charge in [0.15, 0.2) is 6.10 Å². The molecule has 2 unspecified atom stereocenters. The fraction of sp³-hybridized carbons (Fsp3) is 0.831. The van der Waals surface area contributed by atoms with E-state index in [1.807, 2.05) is 21.1 Å². The Kier molecular flexibility index (Phi) is 60.5. The van der Waals surface area contributed by atoms with Gasteiger partial charge in [-0.3, -0.25) is 14.2 Å². The molecule has 474 valence electrons. The van der Waals surface area contributed by atoms with E-state index in [1.54, 1.807) is 0 Å². The van der Waals surface area contributed by atoms with Crippen molar-refractivity contribution in [3.63, 3.8) is 0 Å². The highest BCUT2D eigenvalue weighted by Crippen LogP contribution is 2.38. The van der Waals surface area contributed by atoms with Crippen molar-refractivity contribution in [3.05, 3.63) is 60.8 Å². The predicted molar refractivity (Wildman–Crippen MR) is 347 cm³/mol. The standard InChI is InChI=1S/C71H132NO8P/c1-6-8-10-12-14-16-18-20-22-24-26-28-30-32-33-34-35-36-37-38-40-41-43-45-47-49-51-53-55-57-59-61-63-70(73)77-67-69(68-79-81(75,76)78-66-65-72(3,4)5)80-71(74)64-62-60-58-56-54-52-50-48-46-44-42-39-31-29-27-25-23-21-19-17-15-13-11-9-7-2/h9,11,15,17,21,23,27,29,39,42,69H,6-8,10,12-14,16,18-20,22,24-26,28,30-38,40-41,43-68H2,1-5H3/b11-9-,17-15-,23-21-,29-27-,42-39-. The summed E-state index contributed by atoms with van der Waals surface area (Å²) in [5.41, 5.74) is 0. The third kappa shape index (κ3) is 66.7. The molecule has 0 spiro atoms. The predicted octanol–water partition coefficient (Wildman–Crippen LogP) is 21.6. The molecule has 0 aliphatic heterocycles. The van der Waals surface area contributed by atoms with Crippen molar-refractivity contribution >= 4 is 19.8 Å². The zero-order valence-electron chi connectivity index (χ0n) is 54.0. The fourth-order valence-corrected chi connectivity index (χ4v) is 10.8. The summed E-state index contributed by atoms with van der Waals surface area (Å²) >= 11 is 0. The van der Waals surface area contributed by atoms with E-state index >= 15 is 0 Å². The van der Waals surface area contributed by atoms with Gasteiger partial charge in [-0.1, -0.05) is 319 Å². The smallest absolute Gasteiger partial charge is 0.306 e. The topological polar surface area (TPSA) is 111 Å². The number of likely N-dealkylation sites (N-methyl/N-ethyl adjacent to an activating group) is 1. The Morgan fingerprint density at radius 3 is 1.05 bits per heavy atom. The van der Waals surface area contributed by atoms with Gasteiger partial charge < -0.3 is 27.9 Å². The molecule has 0 aromatic carbocycles. The number of allylic oxidation sites excluding steroid dienone is 10. The maximum Gasteiger partial charge on any atom is 0.306 e. The van der Waals surface area contributed by atoms with E-state index in [-0.39, 0.29) is 32.0 Å². The molecule has 0 aromatic rings. The first-order valence-corrected chi connectivity index (χ1v) is 36.0. The van der Waals surface area contributed by atoms with E-state index in [0.717, 1.165) is 77.0 Å². The number of carbonyl (C=O) groups is 2. The minimum atomic E-state index is -4.64. The van der Waals surface area contributed by atoms with E-state index in [4.69, 9.17) is 18.5 Å². The van der Waals surface area contributed by atoms with Crippen LogP contribution in [0.15, 0.2) is 60.8 Å². The van der Waals surface area contributed by atoms with Crippen LogP contribution in [0.25, 0.3) is 0 Å². The zero-order chi connectivity index (χ0) is 59.1. The van der Waals surface area contributed by atoms with Crippen LogP contribution in [0.5, 0.6) is 0 Å². The molecule has 81 heavy (non-hydrogen) atoms. The monoisotopic (exact) mass is 1160 g/mol. The van der Waals surface area contributed by atoms with Gasteiger partial charge in [0.05, 0.1) is 27.7 Å². The minimum absolute atomic E-state index is 0.0325. The van der Waals surface area contributed by atoms with Crippen LogP contribution < -0.4 is 4.89 Å². The van der Waals surface area contributed by atoms with Gasteiger partial charge in [0.25, 0.3) is 7.82 Å². The first-order valence-electron chi connectivity index (χ1n) is 34.5. The Balaban J connectivity index is 4.02. The van der Waals surface area contributed by atoms with Gasteiger partial charge >= 0.3 is 11.9 Å². The van der Waals surface area contributed by atoms with Crippen molar-refractivity contribution in [1.29, 1.82) is 0 Å². The summed E-state index contributed by atoms with van der Waals surface area (Å²) in [6.07, 6.45) is 81.6. The van der Waals surface area contributed by atoms with E-state index < -0.39 is 26.5 Å². The molecule has 0 amide bonds. The Morgan fingerprint density at radius 1 is 0.395 bits per heavy atom. The molecule has 0 aromatic heterocycles. The number of unbranched alkanes of at least 4 members (excludes halogenated alkanes) is 40. The molecule has 0 aliphatic rings. The van der Waals surface area contributed by atoms with Crippen molar-refractivity contribution in [2.75, 3.05) is 47.5 Å². The number of rotatable bonds is 64. The molecule has 10 heteroatoms. The first-order chi connectivity index (χ1) is 39.5. The van der Waals surface area contributed by atoms with E-state index in [9.17, 15) is 19.0 Å². The van der Waals surface area contributed by atoms with Crippen LogP contribution in [0.3, 0.4) is 0 Å². The van der Waals surface area contributed by atoms with Crippen molar-refractivity contribution in [2.45, 2.75) is 335 Å². The summed E-state index contributed by atoms with van der Waals surface area (Å²) < 4.78 is 34.3. The number of hydrogen-bond donors (Lipinski definition) is 0. The number of carbonyl (C=O) groups excluding carboxylic acids is 2. The quantitative estimate of drug-likeness (QED) is 0.0195. The van der Waals surface area contributed by atoms with Gasteiger partial charge in [0.1, 0.15) is 19.8 Å². The third-order valence-electron chi connectivity index (χ3n) is 15.3. The van der Waals surface area contributed by atoms with Crippen LogP contribution in [0, 0.1) is 0 Å². The second-order valence-corrected chi connectivity index (χ2v) is 25.9. The SMILES string of the molecule is CC/C=C\C/C=C\C/C=C\C/C=C\C/C=C\CCCCCCCCCCCC(=O)OC(COC(=O)CCCCCCCCCCCCCCCCCCCCCCCCCCCCCCCCCC)COP(=O)([O-])OCC[N+](C)(C)C. The maximum absolute atomic E-state index is 12.8. The normalized spacial score (nSPS) is 13.5. The lowest BCUT2D eigenvalue weighted by atomic mass is 10.0. The largest absolute Gasteiger partial charge is 0.756 e. The molecular weight excluding hydrogens is 1030 g/mol. The maximum atomic E-state index is 12.8. The molecule has 0 N–H and O–H groups in total. The molecule has 0 saturated carbocycles. The van der Waals surface area contributed by atoms with Crippen LogP contribution in [0.4, 0.5) is 0 Å². The summed E-state index contributed by atoms with van der Waals surface area (Å²) in [5, 5.41) is 0. The van der Waals surface area contributed by atoms with E-state index in [1.165, 1.54) is 218 Å². The number of phosphoric ester groups is 1. The molecule has 9 nitrogen and oxygen atoms in total. The lowest BCUT2D eigenvalue weighted by molar-refractivity contribution is -0.870. The van der Waals surface area contributed by atoms with Crippen LogP contribution in [0.2, 0.25) is 0 Å². The summed E-state index contributed by atoms with van der Waals surface area (Å²) in [4.78, 5) is 38.0. The number of hydrogen-bond acceptors (Lipinski definition) is 8. The van der Waals surface area contributed by atoms with Crippen LogP contribution in [0.1, 0.15) is 328 Å². The summed E-state index contributed by atoms with van der Waals surface area (Å²) in [7, 11) is 1.17. The Morgan fingerprint density at radius 2 is 0.704 bits per heavy atom. The highest BCUT2D eigenvalue weighted by atomic mass is 31.2. The second-order valence-electron chi connectivity index (χ2n) is 24.5. The summed E-state index contributed by atoms with van der Waals surface area (Å²) in [6.45, 7) is 4.17. The summed E-state index contributed by atoms with van der Waals surface area (Å²) in [5.74, 6) is -0.827. The number of phosphoric acid groups is 1. The van der Waals surface area contributed by atoms with Crippen molar-refractivity contribution in [1.82, 2.24) is 0 Å².